The Bertz CT molecular complexity index is 1220. The maximum atomic E-state index is 13.5. The molecule has 1 aliphatic rings. The molecule has 0 aromatic heterocycles. The molecule has 0 fully saturated rings. The summed E-state index contributed by atoms with van der Waals surface area (Å²) in [7, 11) is 1.49. The van der Waals surface area contributed by atoms with Crippen molar-refractivity contribution >= 4 is 23.5 Å². The zero-order valence-electron chi connectivity index (χ0n) is 22.0. The predicted octanol–water partition coefficient (Wildman–Crippen LogP) is 4.51. The summed E-state index contributed by atoms with van der Waals surface area (Å²) >= 11 is 0. The van der Waals surface area contributed by atoms with E-state index in [9.17, 15) is 9.59 Å². The second-order valence-corrected chi connectivity index (χ2v) is 9.70. The van der Waals surface area contributed by atoms with Crippen molar-refractivity contribution in [3.63, 3.8) is 0 Å². The van der Waals surface area contributed by atoms with Crippen molar-refractivity contribution < 1.29 is 28.9 Å². The normalized spacial score (nSPS) is 18.6. The predicted molar refractivity (Wildman–Crippen MR) is 141 cm³/mol. The maximum Gasteiger partial charge on any atom is 0.306 e. The average Bonchev–Trinajstić information content (AvgIpc) is 3.28. The van der Waals surface area contributed by atoms with Crippen LogP contribution in [0.1, 0.15) is 57.3 Å². The van der Waals surface area contributed by atoms with Crippen LogP contribution in [0.5, 0.6) is 5.75 Å². The van der Waals surface area contributed by atoms with E-state index in [1.807, 2.05) is 0 Å². The highest BCUT2D eigenvalue weighted by atomic mass is 16.6. The molecule has 2 aromatic rings. The summed E-state index contributed by atoms with van der Waals surface area (Å²) in [4.78, 5) is 33.8. The lowest BCUT2D eigenvalue weighted by Crippen LogP contribution is -2.47. The first-order valence-electron chi connectivity index (χ1n) is 12.3. The fraction of sp³-hybridized carbons (Fsp3) is 0.444. The van der Waals surface area contributed by atoms with Crippen LogP contribution in [0.3, 0.4) is 0 Å². The summed E-state index contributed by atoms with van der Waals surface area (Å²) in [6, 6.07) is 13.8. The largest absolute Gasteiger partial charge is 0.494 e. The van der Waals surface area contributed by atoms with E-state index in [-0.39, 0.29) is 31.0 Å². The third-order valence-corrected chi connectivity index (χ3v) is 5.76. The molecule has 0 unspecified atom stereocenters. The first kappa shape index (κ1) is 28.5. The molecule has 1 heterocycles. The summed E-state index contributed by atoms with van der Waals surface area (Å²) in [6.45, 7) is 5.71. The molecule has 0 aliphatic carbocycles. The van der Waals surface area contributed by atoms with Crippen molar-refractivity contribution in [2.24, 2.45) is 10.1 Å². The van der Waals surface area contributed by atoms with Crippen LogP contribution in [-0.4, -0.2) is 54.3 Å². The number of amides is 1. The molecular formula is C27H33N5O6. The number of hydrogen-bond donors (Lipinski definition) is 2. The van der Waals surface area contributed by atoms with Gasteiger partial charge in [-0.2, -0.15) is 0 Å². The Balaban J connectivity index is 2.04. The van der Waals surface area contributed by atoms with Crippen LogP contribution in [0.4, 0.5) is 5.69 Å². The second-order valence-electron chi connectivity index (χ2n) is 9.70. The van der Waals surface area contributed by atoms with Crippen LogP contribution in [-0.2, 0) is 19.1 Å². The van der Waals surface area contributed by atoms with E-state index < -0.39 is 29.1 Å². The molecule has 2 atom stereocenters. The smallest absolute Gasteiger partial charge is 0.306 e. The lowest BCUT2D eigenvalue weighted by Gasteiger charge is -2.31. The van der Waals surface area contributed by atoms with Crippen LogP contribution in [0.25, 0.3) is 10.4 Å². The lowest BCUT2D eigenvalue weighted by atomic mass is 9.83. The summed E-state index contributed by atoms with van der Waals surface area (Å²) in [6.07, 6.45) is -0.580. The van der Waals surface area contributed by atoms with Gasteiger partial charge in [0, 0.05) is 48.2 Å². The van der Waals surface area contributed by atoms with Crippen molar-refractivity contribution in [3.8, 4) is 5.75 Å². The molecule has 11 heteroatoms. The lowest BCUT2D eigenvalue weighted by molar-refractivity contribution is -0.155. The summed E-state index contributed by atoms with van der Waals surface area (Å²) in [5.41, 5.74) is 8.22. The van der Waals surface area contributed by atoms with E-state index in [0.29, 0.717) is 29.9 Å². The number of aliphatic hydroxyl groups is 1. The van der Waals surface area contributed by atoms with Crippen LogP contribution in [0.15, 0.2) is 58.6 Å². The first-order valence-corrected chi connectivity index (χ1v) is 12.3. The molecule has 0 saturated carbocycles. The molecule has 2 aromatic carbocycles. The summed E-state index contributed by atoms with van der Waals surface area (Å²) in [5, 5.41) is 15.4. The Hall–Kier alpha value is -4.08. The second kappa shape index (κ2) is 12.4. The van der Waals surface area contributed by atoms with Crippen LogP contribution < -0.4 is 10.1 Å². The van der Waals surface area contributed by atoms with Gasteiger partial charge in [-0.25, -0.2) is 4.99 Å². The first-order chi connectivity index (χ1) is 18.1. The number of benzene rings is 2. The molecule has 2 N–H and O–H groups in total. The molecule has 0 saturated heterocycles. The third-order valence-electron chi connectivity index (χ3n) is 5.76. The number of likely N-dealkylation sites (N-methyl/N-ethyl adjacent to an activating group) is 1. The highest BCUT2D eigenvalue weighted by Gasteiger charge is 2.53. The van der Waals surface area contributed by atoms with Crippen LogP contribution in [0.2, 0.25) is 0 Å². The molecular weight excluding hydrogens is 490 g/mol. The Labute approximate surface area is 221 Å². The van der Waals surface area contributed by atoms with Gasteiger partial charge in [0.05, 0.1) is 6.61 Å². The summed E-state index contributed by atoms with van der Waals surface area (Å²) in [5.74, 6) is -0.134. The van der Waals surface area contributed by atoms with E-state index in [1.165, 1.54) is 7.05 Å². The van der Waals surface area contributed by atoms with Gasteiger partial charge in [0.2, 0.25) is 5.90 Å². The van der Waals surface area contributed by atoms with E-state index in [2.05, 4.69) is 15.3 Å². The minimum atomic E-state index is -1.54. The topological polar surface area (TPSA) is 155 Å². The van der Waals surface area contributed by atoms with Crippen molar-refractivity contribution in [1.29, 1.82) is 0 Å². The number of hydrogen-bond acceptors (Lipinski definition) is 8. The van der Waals surface area contributed by atoms with Crippen LogP contribution >= 0.6 is 0 Å². The number of nitrogens with one attached hydrogen (secondary N) is 1. The molecule has 1 amide bonds. The molecule has 1 aliphatic heterocycles. The van der Waals surface area contributed by atoms with Crippen molar-refractivity contribution in [1.82, 2.24) is 5.32 Å². The number of nitrogens with zero attached hydrogens (tertiary/aromatic N) is 4. The number of rotatable bonds is 11. The molecule has 0 spiro atoms. The van der Waals surface area contributed by atoms with Gasteiger partial charge >= 0.3 is 5.97 Å². The molecule has 0 radical (unpaired) electrons. The zero-order chi connectivity index (χ0) is 27.8. The summed E-state index contributed by atoms with van der Waals surface area (Å²) < 4.78 is 17.4. The Morgan fingerprint density at radius 2 is 1.92 bits per heavy atom. The van der Waals surface area contributed by atoms with E-state index in [4.69, 9.17) is 29.8 Å². The monoisotopic (exact) mass is 523 g/mol. The fourth-order valence-corrected chi connectivity index (χ4v) is 4.10. The minimum Gasteiger partial charge on any atom is -0.494 e. The highest BCUT2D eigenvalue weighted by molar-refractivity contribution is 6.01. The van der Waals surface area contributed by atoms with Crippen molar-refractivity contribution in [2.75, 3.05) is 20.3 Å². The zero-order valence-corrected chi connectivity index (χ0v) is 22.0. The number of aliphatic hydroxyl groups excluding tert-OH is 1. The van der Waals surface area contributed by atoms with Gasteiger partial charge in [-0.3, -0.25) is 9.59 Å². The number of ether oxygens (including phenoxy) is 3. The SMILES string of the molecule is CNC(=O)[C@]1(CCC(=O)OC(C)(C)C)N=C(c2ccc(OCCCO)cc2)O[C@@H]1c1ccccc1N=[N+]=[N-]. The average molecular weight is 524 g/mol. The van der Waals surface area contributed by atoms with E-state index in [1.54, 1.807) is 69.3 Å². The minimum absolute atomic E-state index is 0.0112. The Morgan fingerprint density at radius 3 is 2.55 bits per heavy atom. The van der Waals surface area contributed by atoms with Gasteiger partial charge in [0.25, 0.3) is 5.91 Å². The van der Waals surface area contributed by atoms with Gasteiger partial charge in [-0.1, -0.05) is 29.4 Å². The number of esters is 1. The third kappa shape index (κ3) is 6.81. The number of azide groups is 1. The van der Waals surface area contributed by atoms with Gasteiger partial charge < -0.3 is 24.6 Å². The quantitative estimate of drug-likeness (QED) is 0.145. The Kier molecular flexibility index (Phi) is 9.33. The van der Waals surface area contributed by atoms with E-state index >= 15 is 0 Å². The van der Waals surface area contributed by atoms with Crippen molar-refractivity contribution in [3.05, 3.63) is 70.1 Å². The highest BCUT2D eigenvalue weighted by Crippen LogP contribution is 2.46. The molecule has 202 valence electrons. The maximum absolute atomic E-state index is 13.5. The Morgan fingerprint density at radius 1 is 1.21 bits per heavy atom. The molecule has 3 rings (SSSR count). The standard InChI is InChI=1S/C27H33N5O6/c1-26(2,3)38-22(34)14-15-27(25(35)29-4)23(20-8-5-6-9-21(20)31-32-28)37-24(30-27)18-10-12-19(13-11-18)36-17-7-16-33/h5-6,8-13,23,33H,7,14-17H2,1-4H3,(H,29,35)/t23-,27-/m1/s1. The molecule has 11 nitrogen and oxygen atoms in total. The van der Waals surface area contributed by atoms with Gasteiger partial charge in [-0.15, -0.1) is 0 Å². The van der Waals surface area contributed by atoms with Gasteiger partial charge in [0.1, 0.15) is 11.4 Å². The van der Waals surface area contributed by atoms with Gasteiger partial charge in [0.15, 0.2) is 11.6 Å². The van der Waals surface area contributed by atoms with Crippen molar-refractivity contribution in [2.45, 2.75) is 57.3 Å². The number of aliphatic imine (C=N–C) groups is 1. The molecule has 38 heavy (non-hydrogen) atoms. The van der Waals surface area contributed by atoms with Gasteiger partial charge in [-0.05, 0) is 57.0 Å². The van der Waals surface area contributed by atoms with E-state index in [0.717, 1.165) is 0 Å². The number of carbonyl (C=O) groups is 2. The molecule has 0 bridgehead atoms. The van der Waals surface area contributed by atoms with Crippen LogP contribution in [0, 0.1) is 0 Å². The fourth-order valence-electron chi connectivity index (χ4n) is 4.10. The number of carbonyl (C=O) groups excluding carboxylic acids is 2.